The van der Waals surface area contributed by atoms with Crippen LogP contribution < -0.4 is 4.74 Å². The van der Waals surface area contributed by atoms with Crippen molar-refractivity contribution in [2.75, 3.05) is 6.61 Å². The van der Waals surface area contributed by atoms with E-state index in [0.717, 1.165) is 18.8 Å². The van der Waals surface area contributed by atoms with E-state index in [-0.39, 0.29) is 0 Å². The van der Waals surface area contributed by atoms with E-state index in [0.29, 0.717) is 0 Å². The number of rotatable bonds is 0. The van der Waals surface area contributed by atoms with Crippen LogP contribution in [0.3, 0.4) is 0 Å². The molecule has 1 heterocycles. The van der Waals surface area contributed by atoms with Crippen LogP contribution in [0.2, 0.25) is 0 Å². The number of hydrogen-bond acceptors (Lipinski definition) is 1. The Morgan fingerprint density at radius 3 is 2.92 bits per heavy atom. The smallest absolute Gasteiger partial charge is 0.123 e. The molecule has 0 atom stereocenters. The minimum absolute atomic E-state index is 0.837. The Hall–Kier alpha value is -1.50. The molecule has 2 aromatic carbocycles. The van der Waals surface area contributed by atoms with Gasteiger partial charge in [0.1, 0.15) is 5.75 Å². The maximum Gasteiger partial charge on any atom is 0.123 e. The van der Waals surface area contributed by atoms with Gasteiger partial charge in [0.15, 0.2) is 0 Å². The third-order valence-electron chi connectivity index (χ3n) is 2.61. The van der Waals surface area contributed by atoms with Gasteiger partial charge >= 0.3 is 0 Å². The van der Waals surface area contributed by atoms with Gasteiger partial charge in [0.25, 0.3) is 0 Å². The van der Waals surface area contributed by atoms with Gasteiger partial charge in [-0.25, -0.2) is 0 Å². The van der Waals surface area contributed by atoms with Gasteiger partial charge in [0.05, 0.1) is 6.61 Å². The van der Waals surface area contributed by atoms with E-state index >= 15 is 0 Å². The Bertz CT molecular complexity index is 460. The molecule has 0 saturated heterocycles. The maximum atomic E-state index is 5.51. The fourth-order valence-electron chi connectivity index (χ4n) is 1.97. The highest BCUT2D eigenvalue weighted by Crippen LogP contribution is 2.31. The summed E-state index contributed by atoms with van der Waals surface area (Å²) in [5, 5.41) is 2.66. The Labute approximate surface area is 77.0 Å². The van der Waals surface area contributed by atoms with Crippen molar-refractivity contribution in [3.63, 3.8) is 0 Å². The minimum Gasteiger partial charge on any atom is -0.493 e. The lowest BCUT2D eigenvalue weighted by atomic mass is 10.0. The molecule has 0 N–H and O–H groups in total. The Morgan fingerprint density at radius 2 is 1.92 bits per heavy atom. The third kappa shape index (κ3) is 0.934. The summed E-state index contributed by atoms with van der Waals surface area (Å²) in [6.45, 7) is 0.837. The van der Waals surface area contributed by atoms with E-state index in [4.69, 9.17) is 4.74 Å². The molecule has 0 aromatic heterocycles. The average molecular weight is 170 g/mol. The number of benzene rings is 2. The third-order valence-corrected chi connectivity index (χ3v) is 2.61. The van der Waals surface area contributed by atoms with Crippen LogP contribution in [0.15, 0.2) is 36.4 Å². The number of ether oxygens (including phenoxy) is 1. The van der Waals surface area contributed by atoms with Crippen molar-refractivity contribution in [1.29, 1.82) is 0 Å². The first-order valence-corrected chi connectivity index (χ1v) is 4.58. The lowest BCUT2D eigenvalue weighted by Gasteiger charge is -2.02. The van der Waals surface area contributed by atoms with E-state index in [1.165, 1.54) is 16.3 Å². The van der Waals surface area contributed by atoms with Crippen molar-refractivity contribution in [1.82, 2.24) is 0 Å². The second-order valence-electron chi connectivity index (χ2n) is 3.36. The summed E-state index contributed by atoms with van der Waals surface area (Å²) >= 11 is 0. The highest BCUT2D eigenvalue weighted by Gasteiger charge is 2.13. The second kappa shape index (κ2) is 2.49. The molecule has 1 aliphatic heterocycles. The van der Waals surface area contributed by atoms with Gasteiger partial charge < -0.3 is 4.74 Å². The van der Waals surface area contributed by atoms with Gasteiger partial charge in [0, 0.05) is 12.0 Å². The van der Waals surface area contributed by atoms with Crippen molar-refractivity contribution < 1.29 is 4.74 Å². The second-order valence-corrected chi connectivity index (χ2v) is 3.36. The Kier molecular flexibility index (Phi) is 1.33. The topological polar surface area (TPSA) is 9.23 Å². The largest absolute Gasteiger partial charge is 0.493 e. The zero-order valence-corrected chi connectivity index (χ0v) is 7.29. The fourth-order valence-corrected chi connectivity index (χ4v) is 1.97. The summed E-state index contributed by atoms with van der Waals surface area (Å²) in [7, 11) is 0. The molecule has 1 aliphatic rings. The molecule has 1 nitrogen and oxygen atoms in total. The van der Waals surface area contributed by atoms with Crippen LogP contribution in [0.1, 0.15) is 5.56 Å². The molecule has 0 bridgehead atoms. The van der Waals surface area contributed by atoms with Gasteiger partial charge in [0.2, 0.25) is 0 Å². The van der Waals surface area contributed by atoms with Gasteiger partial charge in [-0.05, 0) is 16.8 Å². The van der Waals surface area contributed by atoms with Crippen LogP contribution in [0, 0.1) is 0 Å². The summed E-state index contributed by atoms with van der Waals surface area (Å²) in [6, 6.07) is 12.7. The highest BCUT2D eigenvalue weighted by molar-refractivity contribution is 5.88. The molecule has 0 spiro atoms. The van der Waals surface area contributed by atoms with E-state index in [2.05, 4.69) is 36.4 Å². The molecule has 13 heavy (non-hydrogen) atoms. The predicted octanol–water partition coefficient (Wildman–Crippen LogP) is 2.77. The monoisotopic (exact) mass is 170 g/mol. The molecule has 0 amide bonds. The van der Waals surface area contributed by atoms with Crippen molar-refractivity contribution in [3.8, 4) is 5.75 Å². The molecule has 0 aliphatic carbocycles. The normalized spacial score (nSPS) is 14.2. The van der Waals surface area contributed by atoms with E-state index in [1.54, 1.807) is 0 Å². The summed E-state index contributed by atoms with van der Waals surface area (Å²) in [5.74, 6) is 1.07. The maximum absolute atomic E-state index is 5.51. The number of fused-ring (bicyclic) bond motifs is 3. The van der Waals surface area contributed by atoms with E-state index in [1.807, 2.05) is 0 Å². The van der Waals surface area contributed by atoms with Crippen LogP contribution in [0.4, 0.5) is 0 Å². The summed E-state index contributed by atoms with van der Waals surface area (Å²) in [6.07, 6.45) is 1.05. The summed E-state index contributed by atoms with van der Waals surface area (Å²) in [4.78, 5) is 0. The summed E-state index contributed by atoms with van der Waals surface area (Å²) < 4.78 is 5.51. The van der Waals surface area contributed by atoms with Crippen LogP contribution in [0.25, 0.3) is 10.8 Å². The molecule has 0 radical (unpaired) electrons. The molecule has 1 heteroatoms. The zero-order chi connectivity index (χ0) is 8.67. The van der Waals surface area contributed by atoms with Crippen LogP contribution in [0.5, 0.6) is 5.75 Å². The zero-order valence-electron chi connectivity index (χ0n) is 7.29. The van der Waals surface area contributed by atoms with E-state index in [9.17, 15) is 0 Å². The lowest BCUT2D eigenvalue weighted by Crippen LogP contribution is -1.85. The molecule has 0 fully saturated rings. The first kappa shape index (κ1) is 6.96. The standard InChI is InChI=1S/C12H10O/c1-2-4-10-9(3-1)5-6-12-11(10)7-8-13-12/h1-6H,7-8H2. The van der Waals surface area contributed by atoms with Crippen molar-refractivity contribution in [2.45, 2.75) is 6.42 Å². The fraction of sp³-hybridized carbons (Fsp3) is 0.167. The first-order chi connectivity index (χ1) is 6.45. The molecule has 64 valence electrons. The van der Waals surface area contributed by atoms with Gasteiger partial charge in [-0.3, -0.25) is 0 Å². The molecule has 0 unspecified atom stereocenters. The van der Waals surface area contributed by atoms with Crippen LogP contribution in [-0.4, -0.2) is 6.61 Å². The molecular formula is C12H10O. The Morgan fingerprint density at radius 1 is 1.00 bits per heavy atom. The Balaban J connectivity index is 2.43. The van der Waals surface area contributed by atoms with Gasteiger partial charge in [-0.15, -0.1) is 0 Å². The highest BCUT2D eigenvalue weighted by atomic mass is 16.5. The summed E-state index contributed by atoms with van der Waals surface area (Å²) in [5.41, 5.74) is 1.37. The quantitative estimate of drug-likeness (QED) is 0.590. The van der Waals surface area contributed by atoms with Gasteiger partial charge in [-0.1, -0.05) is 30.3 Å². The van der Waals surface area contributed by atoms with Crippen LogP contribution >= 0.6 is 0 Å². The lowest BCUT2D eigenvalue weighted by molar-refractivity contribution is 0.357. The van der Waals surface area contributed by atoms with Crippen molar-refractivity contribution in [2.24, 2.45) is 0 Å². The van der Waals surface area contributed by atoms with Crippen LogP contribution in [-0.2, 0) is 6.42 Å². The first-order valence-electron chi connectivity index (χ1n) is 4.58. The minimum atomic E-state index is 0.837. The average Bonchev–Trinajstić information content (AvgIpc) is 2.65. The molecule has 0 saturated carbocycles. The van der Waals surface area contributed by atoms with Crippen molar-refractivity contribution >= 4 is 10.8 Å². The van der Waals surface area contributed by atoms with Crippen molar-refractivity contribution in [3.05, 3.63) is 42.0 Å². The molecule has 3 rings (SSSR count). The van der Waals surface area contributed by atoms with Gasteiger partial charge in [-0.2, -0.15) is 0 Å². The predicted molar refractivity (Wildman–Crippen MR) is 53.1 cm³/mol. The number of hydrogen-bond donors (Lipinski definition) is 0. The molecular weight excluding hydrogens is 160 g/mol. The molecule has 2 aromatic rings. The SMILES string of the molecule is c1ccc2c3c(ccc2c1)OCC3. The van der Waals surface area contributed by atoms with E-state index < -0.39 is 0 Å².